The second-order valence-electron chi connectivity index (χ2n) is 14.9. The Bertz CT molecular complexity index is 1600. The molecule has 3 aromatic heterocycles. The summed E-state index contributed by atoms with van der Waals surface area (Å²) in [5.74, 6) is 2.37. The van der Waals surface area contributed by atoms with Crippen LogP contribution >= 0.6 is 0 Å². The molecule has 2 aliphatic heterocycles. The maximum Gasteiger partial charge on any atom is 2.00 e. The van der Waals surface area contributed by atoms with Crippen LogP contribution in [0.1, 0.15) is 118 Å². The molecule has 0 atom stereocenters. The average Bonchev–Trinajstić information content (AvgIpc) is 3.53. The number of rotatable bonds is 0. The Morgan fingerprint density at radius 1 is 0.463 bits per heavy atom. The smallest absolute Gasteiger partial charge is 0.358 e. The van der Waals surface area contributed by atoms with Gasteiger partial charge in [0.2, 0.25) is 0 Å². The summed E-state index contributed by atoms with van der Waals surface area (Å²) in [7, 11) is 0. The molecule has 0 saturated carbocycles. The second-order valence-corrected chi connectivity index (χ2v) is 14.9. The molecule has 5 heterocycles. The summed E-state index contributed by atoms with van der Waals surface area (Å²) in [6, 6.07) is 4.02. The Kier molecular flexibility index (Phi) is 7.57. The summed E-state index contributed by atoms with van der Waals surface area (Å²) in [6.45, 7) is 25.8. The molecule has 0 amide bonds. The third kappa shape index (κ3) is 6.25. The van der Waals surface area contributed by atoms with Crippen molar-refractivity contribution in [3.05, 3.63) is 46.6 Å². The van der Waals surface area contributed by atoms with Crippen LogP contribution in [0.3, 0.4) is 0 Å². The van der Waals surface area contributed by atoms with Crippen molar-refractivity contribution in [2.24, 2.45) is 10.8 Å². The van der Waals surface area contributed by atoms with E-state index < -0.39 is 0 Å². The molecule has 41 heavy (non-hydrogen) atoms. The number of fused-ring (bicyclic) bond motifs is 8. The topological polar surface area (TPSA) is 106 Å². The van der Waals surface area contributed by atoms with E-state index in [-0.39, 0.29) is 41.1 Å². The molecule has 9 heteroatoms. The zero-order chi connectivity index (χ0) is 29.4. The molecule has 0 aliphatic carbocycles. The minimum Gasteiger partial charge on any atom is -0.358 e. The molecule has 8 nitrogen and oxygen atoms in total. The first-order valence-electron chi connectivity index (χ1n) is 13.9. The molecule has 2 aliphatic rings. The number of nitrogens with zero attached hydrogens (tertiary/aromatic N) is 8. The van der Waals surface area contributed by atoms with Gasteiger partial charge in [0.25, 0.3) is 0 Å². The van der Waals surface area contributed by atoms with Crippen molar-refractivity contribution in [1.29, 1.82) is 0 Å². The molecule has 0 N–H and O–H groups in total. The van der Waals surface area contributed by atoms with Crippen molar-refractivity contribution in [3.63, 3.8) is 0 Å². The van der Waals surface area contributed by atoms with Crippen LogP contribution in [0.4, 0.5) is 0 Å². The fourth-order valence-electron chi connectivity index (χ4n) is 4.79. The molecule has 210 valence electrons. The van der Waals surface area contributed by atoms with Gasteiger partial charge in [-0.2, -0.15) is 0 Å². The summed E-state index contributed by atoms with van der Waals surface area (Å²) in [5, 5.41) is 0. The van der Waals surface area contributed by atoms with E-state index in [9.17, 15) is 0 Å². The molecule has 0 unspecified atom stereocenters. The van der Waals surface area contributed by atoms with E-state index in [0.29, 0.717) is 45.9 Å². The molecule has 5 rings (SSSR count). The Labute approximate surface area is 255 Å². The molecule has 0 radical (unpaired) electrons. The van der Waals surface area contributed by atoms with Crippen molar-refractivity contribution in [1.82, 2.24) is 39.9 Å². The van der Waals surface area contributed by atoms with Gasteiger partial charge in [0.15, 0.2) is 0 Å². The van der Waals surface area contributed by atoms with Gasteiger partial charge < -0.3 is 29.9 Å². The summed E-state index contributed by atoms with van der Waals surface area (Å²) in [6.07, 6.45) is 4.02. The maximum absolute atomic E-state index is 4.94. The van der Waals surface area contributed by atoms with Crippen LogP contribution in [-0.4, -0.2) is 29.9 Å². The third-order valence-corrected chi connectivity index (χ3v) is 7.05. The Morgan fingerprint density at radius 3 is 1.10 bits per heavy atom. The first-order chi connectivity index (χ1) is 18.3. The van der Waals surface area contributed by atoms with E-state index in [1.54, 1.807) is 0 Å². The molecule has 0 aromatic carbocycles. The molecule has 3 aromatic rings. The first kappa shape index (κ1) is 30.9. The summed E-state index contributed by atoms with van der Waals surface area (Å²) in [5.41, 5.74) is 5.59. The van der Waals surface area contributed by atoms with Crippen LogP contribution in [0.2, 0.25) is 0 Å². The standard InChI is InChI=1S/C32H40N8.Zn/c1-29(2,3)17-13-21-33-25(17)37-22-14-18(30(4,5)6)27(34-22)39-24-16-20(32(10,11)12)28(36-24)40-23-15-19(31(7,8)9)26(35-23)38-21;/h13-16H,1-12H3;/q-2;+2. The van der Waals surface area contributed by atoms with Gasteiger partial charge in [-0.3, -0.25) is 0 Å². The monoisotopic (exact) mass is 600 g/mol. The van der Waals surface area contributed by atoms with Crippen molar-refractivity contribution in [2.45, 2.75) is 93.9 Å². The Morgan fingerprint density at radius 2 is 0.805 bits per heavy atom. The molecule has 8 bridgehead atoms. The van der Waals surface area contributed by atoms with Gasteiger partial charge in [0.05, 0.1) is 23.3 Å². The average molecular weight is 602 g/mol. The second kappa shape index (κ2) is 10.0. The SMILES string of the molecule is CC(C)(C)C1=Cc2nc1nc1cc(C(C)(C)C)c(nc3nc(nc4cc(C(C)(C)C)c(n2)[n-]4)C(C(C)(C)C)=C3)[n-]1.[Zn+2]. The normalized spacial score (nSPS) is 14.4. The van der Waals surface area contributed by atoms with E-state index in [0.717, 1.165) is 22.3 Å². The fourth-order valence-corrected chi connectivity index (χ4v) is 4.79. The van der Waals surface area contributed by atoms with Crippen LogP contribution in [0.15, 0.2) is 12.1 Å². The third-order valence-electron chi connectivity index (χ3n) is 7.05. The first-order valence-corrected chi connectivity index (χ1v) is 13.9. The summed E-state index contributed by atoms with van der Waals surface area (Å²) < 4.78 is 0. The largest absolute Gasteiger partial charge is 2.00 e. The van der Waals surface area contributed by atoms with Crippen LogP contribution in [0.25, 0.3) is 45.9 Å². The van der Waals surface area contributed by atoms with E-state index in [2.05, 4.69) is 83.1 Å². The Balaban J connectivity index is 0.00000387. The van der Waals surface area contributed by atoms with Crippen molar-refractivity contribution in [2.75, 3.05) is 0 Å². The molecular weight excluding hydrogens is 562 g/mol. The van der Waals surface area contributed by atoms with E-state index in [1.165, 1.54) is 0 Å². The van der Waals surface area contributed by atoms with Gasteiger partial charge in [0, 0.05) is 22.6 Å². The molecule has 0 saturated heterocycles. The predicted octanol–water partition coefficient (Wildman–Crippen LogP) is 6.92. The molecule has 0 fully saturated rings. The predicted molar refractivity (Wildman–Crippen MR) is 162 cm³/mol. The number of hydrogen-bond donors (Lipinski definition) is 0. The van der Waals surface area contributed by atoms with Crippen molar-refractivity contribution >= 4 is 45.9 Å². The number of hydrogen-bond acceptors (Lipinski definition) is 6. The Hall–Kier alpha value is -3.06. The van der Waals surface area contributed by atoms with Crippen LogP contribution in [-0.2, 0) is 30.3 Å². The number of allylic oxidation sites excluding steroid dienone is 2. The van der Waals surface area contributed by atoms with E-state index >= 15 is 0 Å². The quantitative estimate of drug-likeness (QED) is 0.256. The van der Waals surface area contributed by atoms with Crippen LogP contribution in [0, 0.1) is 10.8 Å². The van der Waals surface area contributed by atoms with Gasteiger partial charge in [-0.1, -0.05) is 83.1 Å². The maximum atomic E-state index is 4.94. The van der Waals surface area contributed by atoms with Crippen LogP contribution in [0.5, 0.6) is 0 Å². The van der Waals surface area contributed by atoms with Gasteiger partial charge in [0.1, 0.15) is 0 Å². The zero-order valence-electron chi connectivity index (χ0n) is 26.6. The van der Waals surface area contributed by atoms with Crippen molar-refractivity contribution < 1.29 is 19.5 Å². The van der Waals surface area contributed by atoms with E-state index in [4.69, 9.17) is 39.9 Å². The van der Waals surface area contributed by atoms with Crippen LogP contribution < -0.4 is 9.97 Å². The summed E-state index contributed by atoms with van der Waals surface area (Å²) >= 11 is 0. The summed E-state index contributed by atoms with van der Waals surface area (Å²) in [4.78, 5) is 39.2. The van der Waals surface area contributed by atoms with Gasteiger partial charge in [-0.05, 0) is 68.2 Å². The van der Waals surface area contributed by atoms with Gasteiger partial charge in [-0.15, -0.1) is 0 Å². The van der Waals surface area contributed by atoms with E-state index in [1.807, 2.05) is 24.3 Å². The minimum absolute atomic E-state index is 0. The van der Waals surface area contributed by atoms with Crippen molar-refractivity contribution in [3.8, 4) is 0 Å². The molecular formula is C32H40N8Zn. The fraction of sp³-hybridized carbons (Fsp3) is 0.500. The van der Waals surface area contributed by atoms with Gasteiger partial charge in [-0.25, -0.2) is 9.97 Å². The number of aromatic nitrogens is 8. The van der Waals surface area contributed by atoms with Gasteiger partial charge >= 0.3 is 19.5 Å². The zero-order valence-corrected chi connectivity index (χ0v) is 29.6. The molecule has 0 spiro atoms. The minimum atomic E-state index is -0.194.